The minimum Gasteiger partial charge on any atom is -0.392 e. The van der Waals surface area contributed by atoms with Gasteiger partial charge in [-0.2, -0.15) is 0 Å². The highest BCUT2D eigenvalue weighted by Gasteiger charge is 2.32. The molecule has 11 heteroatoms. The predicted molar refractivity (Wildman–Crippen MR) is 229 cm³/mol. The van der Waals surface area contributed by atoms with Gasteiger partial charge in [0.2, 0.25) is 0 Å². The molecule has 7 rings (SSSR count). The summed E-state index contributed by atoms with van der Waals surface area (Å²) in [5.74, 6) is 0. The Kier molecular flexibility index (Phi) is 10.8. The van der Waals surface area contributed by atoms with Gasteiger partial charge in [0.25, 0.3) is 20.0 Å². The summed E-state index contributed by atoms with van der Waals surface area (Å²) < 4.78 is 63.3. The monoisotopic (exact) mass is 784 g/mol. The van der Waals surface area contributed by atoms with Gasteiger partial charge in [-0.1, -0.05) is 109 Å². The van der Waals surface area contributed by atoms with Crippen LogP contribution in [0.25, 0.3) is 21.5 Å². The SMILES string of the molecule is CN(C)c1cccc2c(S(=O)(=O)N(Cc3ccccc3)c3cc(CO)cc(N(Cc4ccccc4)S(=O)(=O)c4cccc5c(N(C)C)cccc45)c3)cccc12. The number of anilines is 4. The summed E-state index contributed by atoms with van der Waals surface area (Å²) in [6, 6.07) is 44.9. The first kappa shape index (κ1) is 38.4. The predicted octanol–water partition coefficient (Wildman–Crippen LogP) is 8.41. The normalized spacial score (nSPS) is 11.8. The first-order valence-electron chi connectivity index (χ1n) is 18.2. The summed E-state index contributed by atoms with van der Waals surface area (Å²) >= 11 is 0. The fourth-order valence-corrected chi connectivity index (χ4v) is 10.5. The summed E-state index contributed by atoms with van der Waals surface area (Å²) in [4.78, 5) is 4.09. The molecule has 0 fully saturated rings. The lowest BCUT2D eigenvalue weighted by molar-refractivity contribution is 0.282. The lowest BCUT2D eigenvalue weighted by Crippen LogP contribution is -2.33. The first-order chi connectivity index (χ1) is 26.9. The second-order valence-electron chi connectivity index (χ2n) is 14.1. The maximum absolute atomic E-state index is 15.2. The van der Waals surface area contributed by atoms with Gasteiger partial charge >= 0.3 is 0 Å². The Balaban J connectivity index is 1.45. The molecule has 0 atom stereocenters. The zero-order valence-corrected chi connectivity index (χ0v) is 33.4. The molecule has 286 valence electrons. The van der Waals surface area contributed by atoms with Crippen LogP contribution in [0, 0.1) is 0 Å². The van der Waals surface area contributed by atoms with E-state index in [0.29, 0.717) is 16.3 Å². The lowest BCUT2D eigenvalue weighted by Gasteiger charge is -2.30. The zero-order chi connectivity index (χ0) is 39.6. The third kappa shape index (κ3) is 7.40. The molecule has 0 radical (unpaired) electrons. The Morgan fingerprint density at radius 1 is 0.429 bits per heavy atom. The first-order valence-corrected chi connectivity index (χ1v) is 21.0. The molecule has 0 aromatic heterocycles. The van der Waals surface area contributed by atoms with Crippen LogP contribution in [0.1, 0.15) is 16.7 Å². The number of benzene rings is 7. The summed E-state index contributed by atoms with van der Waals surface area (Å²) in [6.07, 6.45) is 0. The van der Waals surface area contributed by atoms with E-state index in [1.54, 1.807) is 54.6 Å². The molecule has 0 saturated heterocycles. The molecule has 9 nitrogen and oxygen atoms in total. The van der Waals surface area contributed by atoms with Gasteiger partial charge in [0.1, 0.15) is 0 Å². The van der Waals surface area contributed by atoms with E-state index in [0.717, 1.165) is 33.3 Å². The van der Waals surface area contributed by atoms with Gasteiger partial charge in [-0.05, 0) is 59.2 Å². The third-order valence-electron chi connectivity index (χ3n) is 9.88. The quantitative estimate of drug-likeness (QED) is 0.125. The van der Waals surface area contributed by atoms with Gasteiger partial charge < -0.3 is 14.9 Å². The van der Waals surface area contributed by atoms with Crippen LogP contribution in [0.3, 0.4) is 0 Å². The second kappa shape index (κ2) is 15.7. The molecule has 1 N–H and O–H groups in total. The molecule has 0 amide bonds. The highest BCUT2D eigenvalue weighted by molar-refractivity contribution is 7.93. The minimum atomic E-state index is -4.32. The topological polar surface area (TPSA) is 101 Å². The number of sulfonamides is 2. The van der Waals surface area contributed by atoms with Gasteiger partial charge in [-0.15, -0.1) is 0 Å². The number of aliphatic hydroxyl groups is 1. The molecular formula is C45H44N4O5S2. The van der Waals surface area contributed by atoms with Crippen molar-refractivity contribution >= 4 is 64.3 Å². The van der Waals surface area contributed by atoms with Gasteiger partial charge in [0.05, 0.1) is 40.9 Å². The molecular weight excluding hydrogens is 741 g/mol. The zero-order valence-electron chi connectivity index (χ0n) is 31.7. The van der Waals surface area contributed by atoms with Gasteiger partial charge in [-0.3, -0.25) is 8.61 Å². The van der Waals surface area contributed by atoms with Crippen molar-refractivity contribution in [2.45, 2.75) is 29.5 Å². The van der Waals surface area contributed by atoms with Crippen molar-refractivity contribution in [1.82, 2.24) is 0 Å². The molecule has 0 spiro atoms. The van der Waals surface area contributed by atoms with E-state index in [4.69, 9.17) is 0 Å². The average molecular weight is 785 g/mol. The van der Waals surface area contributed by atoms with Crippen molar-refractivity contribution in [3.8, 4) is 0 Å². The number of hydrogen-bond acceptors (Lipinski definition) is 7. The molecule has 7 aromatic carbocycles. The van der Waals surface area contributed by atoms with Crippen molar-refractivity contribution in [3.63, 3.8) is 0 Å². The maximum atomic E-state index is 15.2. The molecule has 0 unspecified atom stereocenters. The van der Waals surface area contributed by atoms with E-state index < -0.39 is 26.7 Å². The second-order valence-corrected chi connectivity index (χ2v) is 17.7. The van der Waals surface area contributed by atoms with Crippen molar-refractivity contribution in [2.75, 3.05) is 46.6 Å². The molecule has 0 heterocycles. The standard InChI is InChI=1S/C45H44N4O5S2/c1-46(2)42-23-11-21-40-38(42)19-13-25-44(40)55(51,52)48(30-33-15-7-5-8-16-33)36-27-35(32-50)28-37(29-36)49(31-34-17-9-6-10-18-34)56(53,54)45-26-14-20-39-41(45)22-12-24-43(39)47(3)4/h5-29,50H,30-32H2,1-4H3. The molecule has 0 bridgehead atoms. The van der Waals surface area contributed by atoms with Gasteiger partial charge in [-0.25, -0.2) is 16.8 Å². The van der Waals surface area contributed by atoms with Crippen LogP contribution in [-0.2, 0) is 39.7 Å². The van der Waals surface area contributed by atoms with Crippen LogP contribution in [0.15, 0.2) is 161 Å². The van der Waals surface area contributed by atoms with E-state index in [1.807, 2.05) is 135 Å². The van der Waals surface area contributed by atoms with Crippen LogP contribution in [0.5, 0.6) is 0 Å². The summed E-state index contributed by atoms with van der Waals surface area (Å²) in [5, 5.41) is 13.3. The maximum Gasteiger partial charge on any atom is 0.265 e. The van der Waals surface area contributed by atoms with Crippen LogP contribution < -0.4 is 18.4 Å². The number of aliphatic hydroxyl groups excluding tert-OH is 1. The third-order valence-corrected chi connectivity index (χ3v) is 13.5. The summed E-state index contributed by atoms with van der Waals surface area (Å²) in [5.41, 5.74) is 3.94. The molecule has 7 aromatic rings. The van der Waals surface area contributed by atoms with Crippen LogP contribution >= 0.6 is 0 Å². The van der Waals surface area contributed by atoms with Gasteiger partial charge in [0, 0.05) is 61.1 Å². The Morgan fingerprint density at radius 2 is 0.804 bits per heavy atom. The smallest absolute Gasteiger partial charge is 0.265 e. The molecule has 0 saturated carbocycles. The number of fused-ring (bicyclic) bond motifs is 2. The van der Waals surface area contributed by atoms with Crippen molar-refractivity contribution in [1.29, 1.82) is 0 Å². The van der Waals surface area contributed by atoms with Crippen LogP contribution in [-0.4, -0.2) is 50.1 Å². The van der Waals surface area contributed by atoms with Crippen molar-refractivity contribution in [2.24, 2.45) is 0 Å². The molecule has 0 aliphatic heterocycles. The Labute approximate surface area is 329 Å². The van der Waals surface area contributed by atoms with Crippen molar-refractivity contribution < 1.29 is 21.9 Å². The highest BCUT2D eigenvalue weighted by Crippen LogP contribution is 2.39. The van der Waals surface area contributed by atoms with Crippen LogP contribution in [0.4, 0.5) is 22.7 Å². The van der Waals surface area contributed by atoms with E-state index in [-0.39, 0.29) is 34.3 Å². The average Bonchev–Trinajstić information content (AvgIpc) is 3.21. The largest absolute Gasteiger partial charge is 0.392 e. The van der Waals surface area contributed by atoms with Gasteiger partial charge in [0.15, 0.2) is 0 Å². The molecule has 56 heavy (non-hydrogen) atoms. The van der Waals surface area contributed by atoms with Crippen LogP contribution in [0.2, 0.25) is 0 Å². The Hall–Kier alpha value is -5.88. The minimum absolute atomic E-state index is 0.0523. The molecule has 0 aliphatic rings. The fraction of sp³-hybridized carbons (Fsp3) is 0.156. The summed E-state index contributed by atoms with van der Waals surface area (Å²) in [6.45, 7) is -0.563. The van der Waals surface area contributed by atoms with E-state index in [9.17, 15) is 5.11 Å². The number of nitrogens with zero attached hydrogens (tertiary/aromatic N) is 4. The van der Waals surface area contributed by atoms with E-state index >= 15 is 16.8 Å². The molecule has 0 aliphatic carbocycles. The Bertz CT molecular complexity index is 2560. The van der Waals surface area contributed by atoms with E-state index in [2.05, 4.69) is 0 Å². The fourth-order valence-electron chi connectivity index (χ4n) is 7.16. The number of hydrogen-bond donors (Lipinski definition) is 1. The van der Waals surface area contributed by atoms with E-state index in [1.165, 1.54) is 8.61 Å². The highest BCUT2D eigenvalue weighted by atomic mass is 32.2. The number of rotatable bonds is 13. The lowest BCUT2D eigenvalue weighted by atomic mass is 10.1. The summed E-state index contributed by atoms with van der Waals surface area (Å²) in [7, 11) is -0.989. The Morgan fingerprint density at radius 3 is 1.18 bits per heavy atom. The van der Waals surface area contributed by atoms with Crippen molar-refractivity contribution in [3.05, 3.63) is 168 Å².